The minimum atomic E-state index is -4.55. The fourth-order valence-corrected chi connectivity index (χ4v) is 4.39. The molecule has 0 amide bonds. The van der Waals surface area contributed by atoms with E-state index in [2.05, 4.69) is 20.2 Å². The molecule has 0 spiro atoms. The van der Waals surface area contributed by atoms with Crippen molar-refractivity contribution in [2.75, 3.05) is 23.7 Å². The largest absolute Gasteiger partial charge is 0.416 e. The number of halogens is 3. The Balaban J connectivity index is 2.03. The van der Waals surface area contributed by atoms with Gasteiger partial charge in [0.05, 0.1) is 11.3 Å². The molecular formula is C19H20F3N7O2S. The molecule has 4 aromatic rings. The summed E-state index contributed by atoms with van der Waals surface area (Å²) in [4.78, 5) is 10.5. The molecule has 4 heterocycles. The number of nitrogens with zero attached hydrogens (tertiary/aromatic N) is 7. The second-order valence-electron chi connectivity index (χ2n) is 6.95. The average Bonchev–Trinajstić information content (AvgIpc) is 3.35. The SMILES string of the molecule is CCN(CC)c1ccnc2c(-c3nc4cc(C(F)(F)F)ccn4n3)c(S(=O)(=O)CC)nn12. The van der Waals surface area contributed by atoms with Gasteiger partial charge in [0.2, 0.25) is 0 Å². The lowest BCUT2D eigenvalue weighted by molar-refractivity contribution is -0.137. The molecule has 0 atom stereocenters. The number of pyridine rings is 1. The molecular weight excluding hydrogens is 447 g/mol. The van der Waals surface area contributed by atoms with Crippen molar-refractivity contribution in [1.29, 1.82) is 0 Å². The van der Waals surface area contributed by atoms with Gasteiger partial charge in [-0.3, -0.25) is 0 Å². The maximum atomic E-state index is 13.1. The van der Waals surface area contributed by atoms with Crippen LogP contribution in [0.25, 0.3) is 22.7 Å². The van der Waals surface area contributed by atoms with Gasteiger partial charge in [0.1, 0.15) is 11.4 Å². The van der Waals surface area contributed by atoms with Crippen LogP contribution in [-0.2, 0) is 16.0 Å². The van der Waals surface area contributed by atoms with E-state index in [0.29, 0.717) is 18.9 Å². The van der Waals surface area contributed by atoms with Crippen LogP contribution in [0.5, 0.6) is 0 Å². The van der Waals surface area contributed by atoms with E-state index in [-0.39, 0.29) is 33.5 Å². The Morgan fingerprint density at radius 3 is 2.44 bits per heavy atom. The molecule has 4 rings (SSSR count). The van der Waals surface area contributed by atoms with E-state index in [0.717, 1.165) is 22.8 Å². The summed E-state index contributed by atoms with van der Waals surface area (Å²) < 4.78 is 67.6. The summed E-state index contributed by atoms with van der Waals surface area (Å²) in [7, 11) is -3.82. The van der Waals surface area contributed by atoms with Crippen LogP contribution < -0.4 is 4.90 Å². The van der Waals surface area contributed by atoms with Gasteiger partial charge in [0, 0.05) is 25.5 Å². The van der Waals surface area contributed by atoms with Crippen molar-refractivity contribution in [3.63, 3.8) is 0 Å². The number of alkyl halides is 3. The minimum Gasteiger partial charge on any atom is -0.357 e. The molecule has 32 heavy (non-hydrogen) atoms. The van der Waals surface area contributed by atoms with E-state index in [1.54, 1.807) is 6.07 Å². The van der Waals surface area contributed by atoms with Gasteiger partial charge in [-0.25, -0.2) is 22.9 Å². The lowest BCUT2D eigenvalue weighted by atomic mass is 10.2. The molecule has 0 bridgehead atoms. The molecule has 0 unspecified atom stereocenters. The van der Waals surface area contributed by atoms with Crippen molar-refractivity contribution in [3.8, 4) is 11.4 Å². The highest BCUT2D eigenvalue weighted by Crippen LogP contribution is 2.33. The first-order chi connectivity index (χ1) is 15.1. The molecule has 0 saturated carbocycles. The zero-order valence-electron chi connectivity index (χ0n) is 17.5. The van der Waals surface area contributed by atoms with Crippen LogP contribution in [0.15, 0.2) is 35.6 Å². The van der Waals surface area contributed by atoms with Gasteiger partial charge in [0.15, 0.2) is 32.0 Å². The smallest absolute Gasteiger partial charge is 0.357 e. The average molecular weight is 467 g/mol. The predicted octanol–water partition coefficient (Wildman–Crippen LogP) is 3.10. The Morgan fingerprint density at radius 2 is 1.81 bits per heavy atom. The van der Waals surface area contributed by atoms with E-state index in [9.17, 15) is 21.6 Å². The molecule has 0 radical (unpaired) electrons. The molecule has 13 heteroatoms. The Bertz CT molecular complexity index is 1410. The van der Waals surface area contributed by atoms with Gasteiger partial charge in [-0.05, 0) is 32.0 Å². The molecule has 0 aromatic carbocycles. The summed E-state index contributed by atoms with van der Waals surface area (Å²) in [5, 5.41) is 8.28. The molecule has 0 aliphatic heterocycles. The summed E-state index contributed by atoms with van der Waals surface area (Å²) in [5.41, 5.74) is -0.701. The minimum absolute atomic E-state index is 0.0538. The van der Waals surface area contributed by atoms with Crippen LogP contribution in [0.2, 0.25) is 0 Å². The van der Waals surface area contributed by atoms with Crippen LogP contribution in [-0.4, -0.2) is 56.5 Å². The second kappa shape index (κ2) is 7.73. The number of anilines is 1. The van der Waals surface area contributed by atoms with Crippen LogP contribution in [0.3, 0.4) is 0 Å². The van der Waals surface area contributed by atoms with Crippen LogP contribution >= 0.6 is 0 Å². The first-order valence-corrected chi connectivity index (χ1v) is 11.5. The fraction of sp³-hybridized carbons (Fsp3) is 0.368. The van der Waals surface area contributed by atoms with Gasteiger partial charge < -0.3 is 4.90 Å². The predicted molar refractivity (Wildman–Crippen MR) is 111 cm³/mol. The highest BCUT2D eigenvalue weighted by molar-refractivity contribution is 7.91. The molecule has 0 N–H and O–H groups in total. The zero-order valence-corrected chi connectivity index (χ0v) is 18.3. The number of sulfone groups is 1. The van der Waals surface area contributed by atoms with Gasteiger partial charge >= 0.3 is 6.18 Å². The summed E-state index contributed by atoms with van der Waals surface area (Å²) in [6.07, 6.45) is -1.90. The van der Waals surface area contributed by atoms with Crippen molar-refractivity contribution in [1.82, 2.24) is 29.2 Å². The topological polar surface area (TPSA) is 97.8 Å². The van der Waals surface area contributed by atoms with Gasteiger partial charge in [-0.1, -0.05) is 6.92 Å². The number of aromatic nitrogens is 6. The molecule has 0 aliphatic carbocycles. The summed E-state index contributed by atoms with van der Waals surface area (Å²) in [5.74, 6) is 0.327. The fourth-order valence-electron chi connectivity index (χ4n) is 3.41. The molecule has 0 saturated heterocycles. The normalized spacial score (nSPS) is 12.7. The van der Waals surface area contributed by atoms with E-state index >= 15 is 0 Å². The monoisotopic (exact) mass is 467 g/mol. The van der Waals surface area contributed by atoms with Gasteiger partial charge in [-0.2, -0.15) is 22.8 Å². The number of fused-ring (bicyclic) bond motifs is 2. The third-order valence-electron chi connectivity index (χ3n) is 5.12. The van der Waals surface area contributed by atoms with E-state index < -0.39 is 21.6 Å². The van der Waals surface area contributed by atoms with E-state index in [1.165, 1.54) is 17.6 Å². The standard InChI is InChI=1S/C19H20F3N7O2S/c1-4-27(5-2)14-7-9-23-17-15(18(26-29(14)17)32(30,31)6-3)16-24-13-11-12(19(20,21)22)8-10-28(13)25-16/h7-11H,4-6H2,1-3H3. The Labute approximate surface area is 181 Å². The lowest BCUT2D eigenvalue weighted by Gasteiger charge is -2.21. The highest BCUT2D eigenvalue weighted by Gasteiger charge is 2.32. The van der Waals surface area contributed by atoms with Crippen molar-refractivity contribution in [3.05, 3.63) is 36.2 Å². The number of rotatable bonds is 6. The Kier molecular flexibility index (Phi) is 5.31. The Morgan fingerprint density at radius 1 is 1.09 bits per heavy atom. The Hall–Kier alpha value is -3.22. The van der Waals surface area contributed by atoms with Crippen LogP contribution in [0, 0.1) is 0 Å². The van der Waals surface area contributed by atoms with Gasteiger partial charge in [0.25, 0.3) is 0 Å². The van der Waals surface area contributed by atoms with Crippen molar-refractivity contribution in [2.24, 2.45) is 0 Å². The van der Waals surface area contributed by atoms with E-state index in [1.807, 2.05) is 18.7 Å². The van der Waals surface area contributed by atoms with Crippen molar-refractivity contribution >= 4 is 26.9 Å². The summed E-state index contributed by atoms with van der Waals surface area (Å²) in [6, 6.07) is 3.44. The van der Waals surface area contributed by atoms with Crippen LogP contribution in [0.1, 0.15) is 26.3 Å². The summed E-state index contributed by atoms with van der Waals surface area (Å²) >= 11 is 0. The van der Waals surface area contributed by atoms with Gasteiger partial charge in [-0.15, -0.1) is 5.10 Å². The maximum absolute atomic E-state index is 13.1. The quantitative estimate of drug-likeness (QED) is 0.430. The highest BCUT2D eigenvalue weighted by atomic mass is 32.2. The maximum Gasteiger partial charge on any atom is 0.416 e. The zero-order chi connectivity index (χ0) is 23.3. The third-order valence-corrected chi connectivity index (χ3v) is 6.75. The number of hydrogen-bond donors (Lipinski definition) is 0. The molecule has 0 fully saturated rings. The first-order valence-electron chi connectivity index (χ1n) is 9.90. The number of hydrogen-bond acceptors (Lipinski definition) is 7. The van der Waals surface area contributed by atoms with E-state index in [4.69, 9.17) is 0 Å². The first kappa shape index (κ1) is 22.0. The second-order valence-corrected chi connectivity index (χ2v) is 9.14. The lowest BCUT2D eigenvalue weighted by Crippen LogP contribution is -2.24. The summed E-state index contributed by atoms with van der Waals surface area (Å²) in [6.45, 7) is 6.67. The third kappa shape index (κ3) is 3.55. The molecule has 170 valence electrons. The molecule has 9 nitrogen and oxygen atoms in total. The van der Waals surface area contributed by atoms with Crippen molar-refractivity contribution < 1.29 is 21.6 Å². The van der Waals surface area contributed by atoms with Crippen LogP contribution in [0.4, 0.5) is 19.0 Å². The molecule has 0 aliphatic rings. The van der Waals surface area contributed by atoms with Crippen molar-refractivity contribution in [2.45, 2.75) is 32.0 Å². The molecule has 4 aromatic heterocycles.